The van der Waals surface area contributed by atoms with Gasteiger partial charge in [-0.25, -0.2) is 0 Å². The molecule has 0 spiro atoms. The third-order valence-corrected chi connectivity index (χ3v) is 5.33. The molecule has 0 bridgehead atoms. The molecule has 1 heterocycles. The summed E-state index contributed by atoms with van der Waals surface area (Å²) in [5.41, 5.74) is 3.16. The average molecular weight is 367 g/mol. The van der Waals surface area contributed by atoms with Crippen LogP contribution in [0.4, 0.5) is 0 Å². The number of rotatable bonds is 6. The summed E-state index contributed by atoms with van der Waals surface area (Å²) in [6, 6.07) is 16.2. The first-order valence-corrected chi connectivity index (χ1v) is 9.90. The van der Waals surface area contributed by atoms with E-state index < -0.39 is 0 Å². The van der Waals surface area contributed by atoms with Gasteiger partial charge in [-0.15, -0.1) is 0 Å². The molecule has 4 nitrogen and oxygen atoms in total. The lowest BCUT2D eigenvalue weighted by Crippen LogP contribution is -2.38. The molecule has 0 aliphatic carbocycles. The highest BCUT2D eigenvalue weighted by atomic mass is 16.5. The van der Waals surface area contributed by atoms with Gasteiger partial charge in [0.15, 0.2) is 0 Å². The number of likely N-dealkylation sites (tertiary alicyclic amines) is 1. The van der Waals surface area contributed by atoms with Gasteiger partial charge in [0.2, 0.25) is 0 Å². The van der Waals surface area contributed by atoms with Crippen LogP contribution in [-0.4, -0.2) is 37.6 Å². The first-order chi connectivity index (χ1) is 13.2. The van der Waals surface area contributed by atoms with Crippen LogP contribution >= 0.6 is 0 Å². The van der Waals surface area contributed by atoms with Gasteiger partial charge in [0.05, 0.1) is 13.2 Å². The van der Waals surface area contributed by atoms with Crippen LogP contribution in [0.3, 0.4) is 0 Å². The molecule has 4 heteroatoms. The summed E-state index contributed by atoms with van der Waals surface area (Å²) in [5, 5.41) is 3.15. The van der Waals surface area contributed by atoms with Crippen molar-refractivity contribution >= 4 is 5.91 Å². The predicted molar refractivity (Wildman–Crippen MR) is 109 cm³/mol. The van der Waals surface area contributed by atoms with E-state index >= 15 is 0 Å². The number of methoxy groups -OCH3 is 1. The number of benzene rings is 2. The topological polar surface area (TPSA) is 41.6 Å². The van der Waals surface area contributed by atoms with Gasteiger partial charge >= 0.3 is 0 Å². The zero-order valence-electron chi connectivity index (χ0n) is 16.4. The van der Waals surface area contributed by atoms with Gasteiger partial charge in [-0.1, -0.05) is 48.7 Å². The summed E-state index contributed by atoms with van der Waals surface area (Å²) in [5.74, 6) is 0.645. The van der Waals surface area contributed by atoms with Crippen molar-refractivity contribution < 1.29 is 9.53 Å². The second kappa shape index (κ2) is 9.56. The molecule has 1 unspecified atom stereocenters. The van der Waals surface area contributed by atoms with Gasteiger partial charge in [0.25, 0.3) is 5.91 Å². The van der Waals surface area contributed by atoms with Crippen molar-refractivity contribution in [1.29, 1.82) is 0 Å². The van der Waals surface area contributed by atoms with E-state index in [-0.39, 0.29) is 11.9 Å². The lowest BCUT2D eigenvalue weighted by Gasteiger charge is -2.31. The molecule has 144 valence electrons. The molecule has 1 aliphatic rings. The summed E-state index contributed by atoms with van der Waals surface area (Å²) in [6.07, 6.45) is 5.05. The van der Waals surface area contributed by atoms with E-state index in [1.165, 1.54) is 36.8 Å². The third-order valence-electron chi connectivity index (χ3n) is 5.33. The molecular formula is C23H30N2O2. The maximum atomic E-state index is 12.7. The Morgan fingerprint density at radius 1 is 1.07 bits per heavy atom. The van der Waals surface area contributed by atoms with Gasteiger partial charge in [-0.05, 0) is 56.6 Å². The fourth-order valence-corrected chi connectivity index (χ4v) is 3.71. The second-order valence-electron chi connectivity index (χ2n) is 7.32. The summed E-state index contributed by atoms with van der Waals surface area (Å²) in [4.78, 5) is 15.2. The zero-order chi connectivity index (χ0) is 19.1. The van der Waals surface area contributed by atoms with Crippen LogP contribution in [0.1, 0.15) is 53.2 Å². The Morgan fingerprint density at radius 3 is 2.44 bits per heavy atom. The van der Waals surface area contributed by atoms with E-state index in [2.05, 4.69) is 41.4 Å². The van der Waals surface area contributed by atoms with E-state index in [0.29, 0.717) is 17.9 Å². The van der Waals surface area contributed by atoms with Gasteiger partial charge in [-0.3, -0.25) is 9.69 Å². The van der Waals surface area contributed by atoms with Crippen molar-refractivity contribution in [2.45, 2.75) is 38.6 Å². The molecule has 0 aromatic heterocycles. The highest BCUT2D eigenvalue weighted by Crippen LogP contribution is 2.24. The molecule has 1 amide bonds. The number of hydrogen-bond donors (Lipinski definition) is 1. The van der Waals surface area contributed by atoms with Gasteiger partial charge in [0, 0.05) is 12.1 Å². The van der Waals surface area contributed by atoms with Crippen molar-refractivity contribution in [3.05, 3.63) is 65.2 Å². The van der Waals surface area contributed by atoms with Crippen molar-refractivity contribution in [1.82, 2.24) is 10.2 Å². The Morgan fingerprint density at radius 2 is 1.78 bits per heavy atom. The monoisotopic (exact) mass is 366 g/mol. The first kappa shape index (κ1) is 19.4. The Labute approximate surface area is 162 Å². The van der Waals surface area contributed by atoms with Crippen molar-refractivity contribution in [2.75, 3.05) is 26.7 Å². The van der Waals surface area contributed by atoms with Crippen LogP contribution in [0.5, 0.6) is 5.75 Å². The average Bonchev–Trinajstić information content (AvgIpc) is 2.99. The van der Waals surface area contributed by atoms with E-state index in [1.54, 1.807) is 13.2 Å². The SMILES string of the molecule is COc1cccc(C(=O)NCC(c2ccc(C)cc2)N2CCCCCC2)c1. The Kier molecular flexibility index (Phi) is 6.88. The lowest BCUT2D eigenvalue weighted by molar-refractivity contribution is 0.0933. The van der Waals surface area contributed by atoms with E-state index in [9.17, 15) is 4.79 Å². The number of amides is 1. The lowest BCUT2D eigenvalue weighted by atomic mass is 10.0. The predicted octanol–water partition coefficient (Wildman–Crippen LogP) is 4.35. The van der Waals surface area contributed by atoms with Crippen molar-refractivity contribution in [3.63, 3.8) is 0 Å². The summed E-state index contributed by atoms with van der Waals surface area (Å²) < 4.78 is 5.23. The molecule has 1 fully saturated rings. The summed E-state index contributed by atoms with van der Waals surface area (Å²) in [6.45, 7) is 4.90. The molecule has 1 saturated heterocycles. The van der Waals surface area contributed by atoms with E-state index in [0.717, 1.165) is 13.1 Å². The molecule has 1 atom stereocenters. The molecule has 27 heavy (non-hydrogen) atoms. The Bertz CT molecular complexity index is 734. The van der Waals surface area contributed by atoms with E-state index in [1.807, 2.05) is 18.2 Å². The smallest absolute Gasteiger partial charge is 0.251 e. The van der Waals surface area contributed by atoms with Crippen molar-refractivity contribution in [3.8, 4) is 5.75 Å². The fourth-order valence-electron chi connectivity index (χ4n) is 3.71. The molecular weight excluding hydrogens is 336 g/mol. The molecule has 0 radical (unpaired) electrons. The minimum Gasteiger partial charge on any atom is -0.497 e. The number of nitrogens with one attached hydrogen (secondary N) is 1. The maximum absolute atomic E-state index is 12.7. The van der Waals surface area contributed by atoms with Crippen LogP contribution in [0.25, 0.3) is 0 Å². The largest absolute Gasteiger partial charge is 0.497 e. The minimum absolute atomic E-state index is 0.0548. The fraction of sp³-hybridized carbons (Fsp3) is 0.435. The number of nitrogens with zero attached hydrogens (tertiary/aromatic N) is 1. The highest BCUT2D eigenvalue weighted by Gasteiger charge is 2.22. The van der Waals surface area contributed by atoms with Crippen LogP contribution in [0.2, 0.25) is 0 Å². The standard InChI is InChI=1S/C23H30N2O2/c1-18-10-12-19(13-11-18)22(25-14-5-3-4-6-15-25)17-24-23(26)20-8-7-9-21(16-20)27-2/h7-13,16,22H,3-6,14-15,17H2,1-2H3,(H,24,26). The molecule has 1 N–H and O–H groups in total. The number of carbonyl (C=O) groups is 1. The van der Waals surface area contributed by atoms with Crippen LogP contribution in [0, 0.1) is 6.92 Å². The zero-order valence-corrected chi connectivity index (χ0v) is 16.4. The molecule has 1 aliphatic heterocycles. The molecule has 3 rings (SSSR count). The van der Waals surface area contributed by atoms with Crippen molar-refractivity contribution in [2.24, 2.45) is 0 Å². The molecule has 0 saturated carbocycles. The Balaban J connectivity index is 1.74. The summed E-state index contributed by atoms with van der Waals surface area (Å²) in [7, 11) is 1.61. The van der Waals surface area contributed by atoms with Gasteiger partial charge in [-0.2, -0.15) is 0 Å². The number of hydrogen-bond acceptors (Lipinski definition) is 3. The number of aryl methyl sites for hydroxylation is 1. The first-order valence-electron chi connectivity index (χ1n) is 9.90. The maximum Gasteiger partial charge on any atom is 0.251 e. The van der Waals surface area contributed by atoms with Crippen LogP contribution in [-0.2, 0) is 0 Å². The normalized spacial score (nSPS) is 16.4. The van der Waals surface area contributed by atoms with Crippen LogP contribution < -0.4 is 10.1 Å². The second-order valence-corrected chi connectivity index (χ2v) is 7.32. The molecule has 2 aromatic carbocycles. The van der Waals surface area contributed by atoms with Gasteiger partial charge < -0.3 is 10.1 Å². The summed E-state index contributed by atoms with van der Waals surface area (Å²) >= 11 is 0. The third kappa shape index (κ3) is 5.33. The number of ether oxygens (including phenoxy) is 1. The van der Waals surface area contributed by atoms with E-state index in [4.69, 9.17) is 4.74 Å². The molecule has 2 aromatic rings. The van der Waals surface area contributed by atoms with Gasteiger partial charge in [0.1, 0.15) is 5.75 Å². The van der Waals surface area contributed by atoms with Crippen LogP contribution in [0.15, 0.2) is 48.5 Å². The number of carbonyl (C=O) groups excluding carboxylic acids is 1. The minimum atomic E-state index is -0.0548. The Hall–Kier alpha value is -2.33. The quantitative estimate of drug-likeness (QED) is 0.826. The highest BCUT2D eigenvalue weighted by molar-refractivity contribution is 5.94.